The molecule has 33 heavy (non-hydrogen) atoms. The second-order valence-corrected chi connectivity index (χ2v) is 9.37. The highest BCUT2D eigenvalue weighted by Gasteiger charge is 2.23. The Labute approximate surface area is 200 Å². The lowest BCUT2D eigenvalue weighted by Crippen LogP contribution is -2.15. The lowest BCUT2D eigenvalue weighted by Gasteiger charge is -2.19. The highest BCUT2D eigenvalue weighted by atomic mass is 35.5. The molecule has 0 aliphatic heterocycles. The van der Waals surface area contributed by atoms with Crippen molar-refractivity contribution >= 4 is 29.1 Å². The summed E-state index contributed by atoms with van der Waals surface area (Å²) in [7, 11) is 1.70. The molecular formula is C25H32ClN3O4. The lowest BCUT2D eigenvalue weighted by molar-refractivity contribution is -0.0103. The molecule has 1 aromatic heterocycles. The molecule has 0 fully saturated rings. The van der Waals surface area contributed by atoms with Crippen molar-refractivity contribution in [2.24, 2.45) is 13.0 Å². The molecule has 1 heterocycles. The molecule has 0 bridgehead atoms. The van der Waals surface area contributed by atoms with Crippen LogP contribution in [0.25, 0.3) is 11.3 Å². The number of ether oxygens (including phenoxy) is 3. The van der Waals surface area contributed by atoms with Gasteiger partial charge < -0.3 is 14.2 Å². The van der Waals surface area contributed by atoms with E-state index in [1.165, 1.54) is 4.68 Å². The third-order valence-electron chi connectivity index (χ3n) is 5.31. The van der Waals surface area contributed by atoms with Crippen molar-refractivity contribution in [2.45, 2.75) is 53.4 Å². The highest BCUT2D eigenvalue weighted by Crippen LogP contribution is 2.34. The first-order valence-electron chi connectivity index (χ1n) is 10.9. The van der Waals surface area contributed by atoms with Crippen LogP contribution in [-0.4, -0.2) is 29.3 Å². The molecule has 0 saturated carbocycles. The van der Waals surface area contributed by atoms with Gasteiger partial charge in [-0.15, -0.1) is 0 Å². The number of carbonyl (C=O) groups is 1. The topological polar surface area (TPSA) is 86.4 Å². The van der Waals surface area contributed by atoms with Crippen molar-refractivity contribution < 1.29 is 19.0 Å². The lowest BCUT2D eigenvalue weighted by atomic mass is 9.86. The maximum Gasteiger partial charge on any atom is 0.511 e. The molecule has 0 amide bonds. The minimum Gasteiger partial charge on any atom is -0.453 e. The van der Waals surface area contributed by atoms with Gasteiger partial charge in [0.2, 0.25) is 6.79 Å². The summed E-state index contributed by atoms with van der Waals surface area (Å²) < 4.78 is 17.5. The van der Waals surface area contributed by atoms with E-state index >= 15 is 0 Å². The van der Waals surface area contributed by atoms with Crippen molar-refractivity contribution in [2.75, 3.05) is 13.4 Å². The zero-order valence-corrected chi connectivity index (χ0v) is 21.1. The second kappa shape index (κ2) is 11.2. The molecular weight excluding hydrogens is 442 g/mol. The van der Waals surface area contributed by atoms with Crippen molar-refractivity contribution in [3.63, 3.8) is 0 Å². The van der Waals surface area contributed by atoms with Gasteiger partial charge in [0.25, 0.3) is 0 Å². The van der Waals surface area contributed by atoms with Gasteiger partial charge in [0, 0.05) is 7.05 Å². The van der Waals surface area contributed by atoms with Crippen LogP contribution in [0.2, 0.25) is 5.02 Å². The minimum absolute atomic E-state index is 0.0275. The first kappa shape index (κ1) is 26.3. The Morgan fingerprint density at radius 1 is 1.21 bits per heavy atom. The van der Waals surface area contributed by atoms with Crippen LogP contribution in [0.1, 0.15) is 63.6 Å². The van der Waals surface area contributed by atoms with E-state index in [9.17, 15) is 10.1 Å². The fourth-order valence-electron chi connectivity index (χ4n) is 3.03. The predicted octanol–water partition coefficient (Wildman–Crippen LogP) is 6.24. The standard InChI is InChI=1S/C25H32ClN3O4/c1-8-16(2)14-31-24(30)33-15-32-23(22-21(26)17(3)28-29(22)7)20(13-27)18-9-11-19(12-10-18)25(4,5)6/h9-12,16H,8,14-15H2,1-7H3/b23-20-. The smallest absolute Gasteiger partial charge is 0.453 e. The molecule has 1 aromatic carbocycles. The molecule has 1 unspecified atom stereocenters. The van der Waals surface area contributed by atoms with Crippen molar-refractivity contribution in [1.82, 2.24) is 9.78 Å². The summed E-state index contributed by atoms with van der Waals surface area (Å²) in [4.78, 5) is 11.9. The third kappa shape index (κ3) is 6.75. The molecule has 0 radical (unpaired) electrons. The van der Waals surface area contributed by atoms with Crippen molar-refractivity contribution in [3.05, 3.63) is 51.8 Å². The van der Waals surface area contributed by atoms with Crippen LogP contribution in [0.4, 0.5) is 4.79 Å². The number of rotatable bonds is 8. The van der Waals surface area contributed by atoms with Crippen LogP contribution in [0.3, 0.4) is 0 Å². The average molecular weight is 474 g/mol. The number of nitriles is 1. The van der Waals surface area contributed by atoms with Crippen LogP contribution < -0.4 is 0 Å². The number of aromatic nitrogens is 2. The molecule has 2 aromatic rings. The summed E-state index contributed by atoms with van der Waals surface area (Å²) in [6, 6.07) is 9.88. The molecule has 0 aliphatic rings. The zero-order chi connectivity index (χ0) is 24.8. The fourth-order valence-corrected chi connectivity index (χ4v) is 3.27. The summed E-state index contributed by atoms with van der Waals surface area (Å²) in [6.45, 7) is 11.9. The Kier molecular flexibility index (Phi) is 8.95. The van der Waals surface area contributed by atoms with Gasteiger partial charge in [-0.1, -0.05) is 76.9 Å². The number of halogens is 1. The number of allylic oxidation sites excluding steroid dienone is 1. The van der Waals surface area contributed by atoms with Gasteiger partial charge in [-0.3, -0.25) is 4.68 Å². The molecule has 8 heteroatoms. The third-order valence-corrected chi connectivity index (χ3v) is 5.76. The Hall–Kier alpha value is -2.98. The van der Waals surface area contributed by atoms with E-state index in [1.54, 1.807) is 14.0 Å². The van der Waals surface area contributed by atoms with E-state index in [2.05, 4.69) is 31.9 Å². The van der Waals surface area contributed by atoms with Gasteiger partial charge in [0.1, 0.15) is 17.3 Å². The van der Waals surface area contributed by atoms with Gasteiger partial charge >= 0.3 is 6.16 Å². The molecule has 0 N–H and O–H groups in total. The minimum atomic E-state index is -0.838. The predicted molar refractivity (Wildman–Crippen MR) is 128 cm³/mol. The molecule has 7 nitrogen and oxygen atoms in total. The molecule has 0 spiro atoms. The number of hydrogen-bond donors (Lipinski definition) is 0. The Balaban J connectivity index is 2.38. The first-order chi connectivity index (χ1) is 15.5. The van der Waals surface area contributed by atoms with E-state index in [0.717, 1.165) is 12.0 Å². The average Bonchev–Trinajstić information content (AvgIpc) is 3.02. The zero-order valence-electron chi connectivity index (χ0n) is 20.4. The van der Waals surface area contributed by atoms with Crippen molar-refractivity contribution in [3.8, 4) is 6.07 Å². The van der Waals surface area contributed by atoms with E-state index in [4.69, 9.17) is 25.8 Å². The van der Waals surface area contributed by atoms with Crippen LogP contribution in [-0.2, 0) is 26.7 Å². The second-order valence-electron chi connectivity index (χ2n) is 9.00. The summed E-state index contributed by atoms with van der Waals surface area (Å²) in [5.41, 5.74) is 3.01. The molecule has 0 saturated heterocycles. The van der Waals surface area contributed by atoms with Crippen molar-refractivity contribution in [1.29, 1.82) is 5.26 Å². The molecule has 1 atom stereocenters. The summed E-state index contributed by atoms with van der Waals surface area (Å²) >= 11 is 6.49. The number of hydrogen-bond acceptors (Lipinski definition) is 6. The summed E-state index contributed by atoms with van der Waals surface area (Å²) in [6.07, 6.45) is 0.0455. The monoisotopic (exact) mass is 473 g/mol. The Morgan fingerprint density at radius 3 is 2.33 bits per heavy atom. The maximum absolute atomic E-state index is 11.9. The van der Waals surface area contributed by atoms with Gasteiger partial charge in [-0.05, 0) is 29.4 Å². The summed E-state index contributed by atoms with van der Waals surface area (Å²) in [5, 5.41) is 14.7. The molecule has 2 rings (SSSR count). The van der Waals surface area contributed by atoms with Gasteiger partial charge in [0.05, 0.1) is 17.3 Å². The Morgan fingerprint density at radius 2 is 1.85 bits per heavy atom. The molecule has 178 valence electrons. The summed E-state index contributed by atoms with van der Waals surface area (Å²) in [5.74, 6) is 0.398. The largest absolute Gasteiger partial charge is 0.511 e. The number of nitrogens with zero attached hydrogens (tertiary/aromatic N) is 3. The van der Waals surface area contributed by atoms with Gasteiger partial charge in [-0.25, -0.2) is 4.79 Å². The van der Waals surface area contributed by atoms with Crippen LogP contribution >= 0.6 is 11.6 Å². The maximum atomic E-state index is 11.9. The fraction of sp³-hybridized carbons (Fsp3) is 0.480. The number of carbonyl (C=O) groups excluding carboxylic acids is 1. The number of benzene rings is 1. The molecule has 0 aliphatic carbocycles. The van der Waals surface area contributed by atoms with E-state index in [-0.39, 0.29) is 29.3 Å². The van der Waals surface area contributed by atoms with E-state index in [1.807, 2.05) is 38.1 Å². The number of aryl methyl sites for hydroxylation is 2. The van der Waals surface area contributed by atoms with Crippen LogP contribution in [0, 0.1) is 24.2 Å². The normalized spacial score (nSPS) is 13.1. The first-order valence-corrected chi connectivity index (χ1v) is 11.2. The van der Waals surface area contributed by atoms with E-state index in [0.29, 0.717) is 22.0 Å². The van der Waals surface area contributed by atoms with Crippen LogP contribution in [0.5, 0.6) is 0 Å². The van der Waals surface area contributed by atoms with Crippen LogP contribution in [0.15, 0.2) is 24.3 Å². The van der Waals surface area contributed by atoms with Gasteiger partial charge in [-0.2, -0.15) is 10.4 Å². The quantitative estimate of drug-likeness (QED) is 0.195. The highest BCUT2D eigenvalue weighted by molar-refractivity contribution is 6.33. The Bertz CT molecular complexity index is 1040. The van der Waals surface area contributed by atoms with E-state index < -0.39 is 12.9 Å². The SMILES string of the molecule is CCC(C)COC(=O)OCO/C(=C(/C#N)c1ccc(C(C)(C)C)cc1)c1c(Cl)c(C)nn1C. The van der Waals surface area contributed by atoms with Gasteiger partial charge in [0.15, 0.2) is 5.76 Å².